The van der Waals surface area contributed by atoms with Crippen LogP contribution in [0.3, 0.4) is 0 Å². The molecule has 1 amide bonds. The zero-order valence-corrected chi connectivity index (χ0v) is 15.8. The summed E-state index contributed by atoms with van der Waals surface area (Å²) in [5, 5.41) is 3.40. The van der Waals surface area contributed by atoms with Crippen molar-refractivity contribution in [2.45, 2.75) is 25.2 Å². The number of nitrogens with one attached hydrogen (secondary N) is 1. The summed E-state index contributed by atoms with van der Waals surface area (Å²) in [4.78, 5) is 17.0. The number of nitrogens with zero attached hydrogens (tertiary/aromatic N) is 1. The Balaban J connectivity index is 1.75. The van der Waals surface area contributed by atoms with E-state index in [1.807, 2.05) is 26.0 Å². The van der Waals surface area contributed by atoms with Gasteiger partial charge in [-0.15, -0.1) is 0 Å². The topological polar surface area (TPSA) is 76.1 Å². The van der Waals surface area contributed by atoms with E-state index in [1.54, 1.807) is 12.1 Å². The van der Waals surface area contributed by atoms with Crippen molar-refractivity contribution >= 4 is 42.4 Å². The third-order valence-corrected chi connectivity index (χ3v) is 6.14. The monoisotopic (exact) mass is 374 g/mol. The highest BCUT2D eigenvalue weighted by Crippen LogP contribution is 2.30. The lowest BCUT2D eigenvalue weighted by Gasteiger charge is -2.03. The summed E-state index contributed by atoms with van der Waals surface area (Å²) < 4.78 is 24.0. The molecule has 0 saturated carbocycles. The van der Waals surface area contributed by atoms with E-state index in [2.05, 4.69) is 10.3 Å². The van der Waals surface area contributed by atoms with Crippen LogP contribution in [0.25, 0.3) is 10.2 Å². The van der Waals surface area contributed by atoms with Crippen molar-refractivity contribution in [1.29, 1.82) is 0 Å². The number of aromatic nitrogens is 1. The molecular formula is C18H18N2O3S2. The van der Waals surface area contributed by atoms with E-state index in [0.29, 0.717) is 5.13 Å². The number of carbonyl (C=O) groups is 1. The lowest BCUT2D eigenvalue weighted by atomic mass is 10.1. The van der Waals surface area contributed by atoms with Crippen molar-refractivity contribution in [2.24, 2.45) is 0 Å². The van der Waals surface area contributed by atoms with Gasteiger partial charge in [0.05, 0.1) is 21.5 Å². The summed E-state index contributed by atoms with van der Waals surface area (Å²) in [6.07, 6.45) is 1.32. The number of amides is 1. The van der Waals surface area contributed by atoms with Crippen molar-refractivity contribution in [3.63, 3.8) is 0 Å². The first-order valence-corrected chi connectivity index (χ1v) is 10.4. The maximum absolute atomic E-state index is 12.2. The zero-order valence-electron chi connectivity index (χ0n) is 14.2. The largest absolute Gasteiger partial charge is 0.302 e. The van der Waals surface area contributed by atoms with Crippen LogP contribution in [0.4, 0.5) is 5.13 Å². The van der Waals surface area contributed by atoms with Crippen LogP contribution in [-0.4, -0.2) is 25.6 Å². The fraction of sp³-hybridized carbons (Fsp3) is 0.222. The number of benzene rings is 2. The summed E-state index contributed by atoms with van der Waals surface area (Å²) in [6, 6.07) is 10.4. The van der Waals surface area contributed by atoms with Gasteiger partial charge in [0.2, 0.25) is 5.91 Å². The first-order chi connectivity index (χ1) is 11.7. The maximum atomic E-state index is 12.2. The van der Waals surface area contributed by atoms with Gasteiger partial charge in [0.15, 0.2) is 15.0 Å². The van der Waals surface area contributed by atoms with E-state index in [-0.39, 0.29) is 17.2 Å². The first kappa shape index (κ1) is 17.6. The minimum Gasteiger partial charge on any atom is -0.302 e. The highest BCUT2D eigenvalue weighted by atomic mass is 32.2. The van der Waals surface area contributed by atoms with Gasteiger partial charge in [0, 0.05) is 6.26 Å². The predicted octanol–water partition coefficient (Wildman–Crippen LogP) is 3.50. The Morgan fingerprint density at radius 1 is 1.08 bits per heavy atom. The first-order valence-electron chi connectivity index (χ1n) is 7.69. The van der Waals surface area contributed by atoms with E-state index in [0.717, 1.165) is 33.2 Å². The van der Waals surface area contributed by atoms with Crippen molar-refractivity contribution in [2.75, 3.05) is 11.6 Å². The minimum absolute atomic E-state index is 0.165. The maximum Gasteiger partial charge on any atom is 0.230 e. The molecule has 25 heavy (non-hydrogen) atoms. The van der Waals surface area contributed by atoms with Gasteiger partial charge in [-0.25, -0.2) is 13.4 Å². The highest BCUT2D eigenvalue weighted by Gasteiger charge is 2.12. The van der Waals surface area contributed by atoms with E-state index >= 15 is 0 Å². The lowest BCUT2D eigenvalue weighted by Crippen LogP contribution is -2.14. The van der Waals surface area contributed by atoms with Gasteiger partial charge in [-0.2, -0.15) is 0 Å². The molecule has 0 bridgehead atoms. The Morgan fingerprint density at radius 2 is 1.72 bits per heavy atom. The van der Waals surface area contributed by atoms with Crippen molar-refractivity contribution in [1.82, 2.24) is 4.98 Å². The van der Waals surface area contributed by atoms with E-state index in [1.165, 1.54) is 23.5 Å². The molecule has 1 N–H and O–H groups in total. The molecule has 3 aromatic rings. The molecule has 1 heterocycles. The highest BCUT2D eigenvalue weighted by molar-refractivity contribution is 7.90. The second kappa shape index (κ2) is 6.57. The Hall–Kier alpha value is -2.25. The molecule has 2 aromatic carbocycles. The summed E-state index contributed by atoms with van der Waals surface area (Å²) in [6.45, 7) is 4.02. The second-order valence-corrected chi connectivity index (χ2v) is 9.05. The zero-order chi connectivity index (χ0) is 18.2. The van der Waals surface area contributed by atoms with Gasteiger partial charge in [-0.3, -0.25) is 4.79 Å². The van der Waals surface area contributed by atoms with E-state index < -0.39 is 9.84 Å². The Kier molecular flexibility index (Phi) is 4.62. The molecular weight excluding hydrogens is 356 g/mol. The molecule has 0 fully saturated rings. The van der Waals surface area contributed by atoms with Crippen molar-refractivity contribution in [3.8, 4) is 0 Å². The van der Waals surface area contributed by atoms with Crippen molar-refractivity contribution < 1.29 is 13.2 Å². The molecule has 0 saturated heterocycles. The molecule has 0 atom stereocenters. The van der Waals surface area contributed by atoms with Crippen LogP contribution < -0.4 is 5.32 Å². The Morgan fingerprint density at radius 3 is 2.32 bits per heavy atom. The summed E-state index contributed by atoms with van der Waals surface area (Å²) >= 11 is 1.46. The number of aryl methyl sites for hydroxylation is 2. The fourth-order valence-corrected chi connectivity index (χ4v) is 4.17. The van der Waals surface area contributed by atoms with Crippen LogP contribution in [-0.2, 0) is 21.1 Å². The SMILES string of the molecule is Cc1ccc(C)c2sc(NC(=O)Cc3ccc(S(C)(=O)=O)cc3)nc12. The molecule has 5 nitrogen and oxygen atoms in total. The summed E-state index contributed by atoms with van der Waals surface area (Å²) in [5.41, 5.74) is 3.87. The Labute approximate surface area is 150 Å². The number of hydrogen-bond acceptors (Lipinski definition) is 5. The smallest absolute Gasteiger partial charge is 0.230 e. The normalized spacial score (nSPS) is 11.6. The molecule has 0 aliphatic rings. The third kappa shape index (κ3) is 3.88. The van der Waals surface area contributed by atoms with E-state index in [9.17, 15) is 13.2 Å². The Bertz CT molecular complexity index is 1010. The molecule has 7 heteroatoms. The molecule has 130 valence electrons. The van der Waals surface area contributed by atoms with Gasteiger partial charge >= 0.3 is 0 Å². The van der Waals surface area contributed by atoms with E-state index in [4.69, 9.17) is 0 Å². The minimum atomic E-state index is -3.23. The van der Waals surface area contributed by atoms with Crippen LogP contribution >= 0.6 is 11.3 Å². The van der Waals surface area contributed by atoms with Crippen LogP contribution in [0.1, 0.15) is 16.7 Å². The average Bonchev–Trinajstić information content (AvgIpc) is 2.95. The third-order valence-electron chi connectivity index (χ3n) is 3.90. The molecule has 3 rings (SSSR count). The lowest BCUT2D eigenvalue weighted by molar-refractivity contribution is -0.115. The average molecular weight is 374 g/mol. The number of thiazole rings is 1. The van der Waals surface area contributed by atoms with Crippen molar-refractivity contribution in [3.05, 3.63) is 53.1 Å². The predicted molar refractivity (Wildman–Crippen MR) is 101 cm³/mol. The standard InChI is InChI=1S/C18H18N2O3S2/c1-11-4-5-12(2)17-16(11)20-18(24-17)19-15(21)10-13-6-8-14(9-7-13)25(3,22)23/h4-9H,10H2,1-3H3,(H,19,20,21). The number of sulfone groups is 1. The second-order valence-electron chi connectivity index (χ2n) is 6.04. The molecule has 0 spiro atoms. The van der Waals surface area contributed by atoms with Gasteiger partial charge in [0.1, 0.15) is 0 Å². The van der Waals surface area contributed by atoms with Gasteiger partial charge in [-0.05, 0) is 42.7 Å². The van der Waals surface area contributed by atoms with Gasteiger partial charge < -0.3 is 5.32 Å². The van der Waals surface area contributed by atoms with Gasteiger partial charge in [-0.1, -0.05) is 35.6 Å². The number of carbonyl (C=O) groups excluding carboxylic acids is 1. The van der Waals surface area contributed by atoms with Crippen LogP contribution in [0.5, 0.6) is 0 Å². The number of fused-ring (bicyclic) bond motifs is 1. The number of rotatable bonds is 4. The molecule has 0 aliphatic heterocycles. The number of hydrogen-bond donors (Lipinski definition) is 1. The fourth-order valence-electron chi connectivity index (χ4n) is 2.52. The molecule has 1 aromatic heterocycles. The van der Waals surface area contributed by atoms with Crippen LogP contribution in [0.15, 0.2) is 41.3 Å². The van der Waals surface area contributed by atoms with Gasteiger partial charge in [0.25, 0.3) is 0 Å². The molecule has 0 radical (unpaired) electrons. The summed E-state index contributed by atoms with van der Waals surface area (Å²) in [7, 11) is -3.23. The number of anilines is 1. The quantitative estimate of drug-likeness (QED) is 0.758. The molecule has 0 unspecified atom stereocenters. The molecule has 0 aliphatic carbocycles. The summed E-state index contributed by atoms with van der Waals surface area (Å²) in [5.74, 6) is -0.179. The van der Waals surface area contributed by atoms with Crippen LogP contribution in [0.2, 0.25) is 0 Å². The van der Waals surface area contributed by atoms with Crippen LogP contribution in [0, 0.1) is 13.8 Å².